The third-order valence-electron chi connectivity index (χ3n) is 10.2. The van der Waals surface area contributed by atoms with Crippen LogP contribution in [-0.4, -0.2) is 22.6 Å². The molecule has 3 heterocycles. The number of benzene rings is 7. The first kappa shape index (κ1) is 38.6. The van der Waals surface area contributed by atoms with E-state index in [2.05, 4.69) is 126 Å². The second-order valence-electron chi connectivity index (χ2n) is 15.0. The van der Waals surface area contributed by atoms with E-state index in [-0.39, 0.29) is 25.9 Å². The second-order valence-corrected chi connectivity index (χ2v) is 20.1. The molecule has 0 amide bonds. The Kier molecular flexibility index (Phi) is 10.9. The van der Waals surface area contributed by atoms with Crippen molar-refractivity contribution in [2.24, 2.45) is 0 Å². The van der Waals surface area contributed by atoms with E-state index in [1.165, 1.54) is 17.3 Å². The van der Waals surface area contributed by atoms with Crippen LogP contribution in [0.25, 0.3) is 83.6 Å². The average Bonchev–Trinajstić information content (AvgIpc) is 3.82. The van der Waals surface area contributed by atoms with Gasteiger partial charge in [0.15, 0.2) is 0 Å². The number of furan rings is 1. The second kappa shape index (κ2) is 16.3. The van der Waals surface area contributed by atoms with Gasteiger partial charge in [-0.1, -0.05) is 134 Å². The number of hydrogen-bond acceptors (Lipinski definition) is 3. The van der Waals surface area contributed by atoms with E-state index in [1.54, 1.807) is 6.07 Å². The summed E-state index contributed by atoms with van der Waals surface area (Å²) in [5.41, 5.74) is 11.1. The molecular formula is C51H38FIrN3OSi-2. The van der Waals surface area contributed by atoms with Crippen LogP contribution in [0.15, 0.2) is 180 Å². The number of pyridine rings is 1. The molecule has 58 heavy (non-hydrogen) atoms. The number of para-hydroxylation sites is 3. The van der Waals surface area contributed by atoms with Gasteiger partial charge in [-0.3, -0.25) is 4.98 Å². The molecule has 285 valence electrons. The van der Waals surface area contributed by atoms with Crippen LogP contribution in [0.4, 0.5) is 4.39 Å². The summed E-state index contributed by atoms with van der Waals surface area (Å²) in [6, 6.07) is 62.8. The molecule has 4 nitrogen and oxygen atoms in total. The van der Waals surface area contributed by atoms with Crippen molar-refractivity contribution in [2.45, 2.75) is 19.6 Å². The Morgan fingerprint density at radius 1 is 0.638 bits per heavy atom. The molecule has 0 spiro atoms. The average molecular weight is 948 g/mol. The maximum atomic E-state index is 14.1. The Labute approximate surface area is 352 Å². The summed E-state index contributed by atoms with van der Waals surface area (Å²) in [6.45, 7) is 7.00. The van der Waals surface area contributed by atoms with Crippen LogP contribution in [0.3, 0.4) is 0 Å². The molecule has 3 aromatic heterocycles. The van der Waals surface area contributed by atoms with Crippen LogP contribution < -0.4 is 5.19 Å². The number of halogens is 1. The molecule has 0 N–H and O–H groups in total. The summed E-state index contributed by atoms with van der Waals surface area (Å²) < 4.78 is 22.7. The van der Waals surface area contributed by atoms with Gasteiger partial charge in [0.05, 0.1) is 36.2 Å². The van der Waals surface area contributed by atoms with Crippen LogP contribution in [0, 0.1) is 17.9 Å². The fraction of sp³-hybridized carbons (Fsp3) is 0.0588. The number of rotatable bonds is 6. The molecular weight excluding hydrogens is 910 g/mol. The minimum atomic E-state index is -1.23. The minimum Gasteiger partial charge on any atom is -0.500 e. The Hall–Kier alpha value is -6.24. The Balaban J connectivity index is 0.000000233. The van der Waals surface area contributed by atoms with Crippen molar-refractivity contribution in [1.82, 2.24) is 14.5 Å². The van der Waals surface area contributed by atoms with Crippen molar-refractivity contribution in [1.29, 1.82) is 0 Å². The van der Waals surface area contributed by atoms with Crippen molar-refractivity contribution < 1.29 is 28.9 Å². The van der Waals surface area contributed by atoms with E-state index in [0.717, 1.165) is 66.6 Å². The zero-order valence-corrected chi connectivity index (χ0v) is 35.6. The van der Waals surface area contributed by atoms with E-state index < -0.39 is 8.07 Å². The molecule has 0 atom stereocenters. The van der Waals surface area contributed by atoms with Crippen LogP contribution in [-0.2, 0) is 20.1 Å². The smallest absolute Gasteiger partial charge is 0.126 e. The van der Waals surface area contributed by atoms with Gasteiger partial charge in [-0.25, -0.2) is 4.39 Å². The minimum absolute atomic E-state index is 0. The molecule has 0 fully saturated rings. The number of aromatic nitrogens is 3. The van der Waals surface area contributed by atoms with E-state index in [0.29, 0.717) is 17.0 Å². The third-order valence-corrected chi connectivity index (χ3v) is 12.3. The third kappa shape index (κ3) is 7.48. The quantitative estimate of drug-likeness (QED) is 0.123. The van der Waals surface area contributed by atoms with Crippen molar-refractivity contribution in [3.63, 3.8) is 0 Å². The SMILES string of the molecule is C[Si](C)(C)c1ccc(-c2[c-]cccc2)nc1.Fc1ccc2c(c1)oc1c(-c3nc4ccccc4n3-c3c(-c4ccccc4)cccc3-c3ccccc3)[c-]ccc12.[Ir]. The fourth-order valence-electron chi connectivity index (χ4n) is 7.34. The van der Waals surface area contributed by atoms with E-state index in [4.69, 9.17) is 9.40 Å². The predicted octanol–water partition coefficient (Wildman–Crippen LogP) is 13.0. The largest absolute Gasteiger partial charge is 0.500 e. The molecule has 7 aromatic carbocycles. The van der Waals surface area contributed by atoms with Gasteiger partial charge in [0.25, 0.3) is 0 Å². The molecule has 0 aliphatic heterocycles. The Bertz CT molecular complexity index is 2940. The summed E-state index contributed by atoms with van der Waals surface area (Å²) in [5, 5.41) is 3.15. The first-order valence-electron chi connectivity index (χ1n) is 19.0. The van der Waals surface area contributed by atoms with Crippen LogP contribution in [0.2, 0.25) is 19.6 Å². The van der Waals surface area contributed by atoms with Crippen LogP contribution in [0.5, 0.6) is 0 Å². The maximum absolute atomic E-state index is 14.1. The van der Waals surface area contributed by atoms with Gasteiger partial charge in [-0.15, -0.1) is 54.1 Å². The number of hydrogen-bond donors (Lipinski definition) is 0. The summed E-state index contributed by atoms with van der Waals surface area (Å²) in [7, 11) is -1.23. The van der Waals surface area contributed by atoms with Crippen molar-refractivity contribution >= 4 is 46.2 Å². The van der Waals surface area contributed by atoms with Gasteiger partial charge < -0.3 is 14.0 Å². The normalized spacial score (nSPS) is 11.3. The van der Waals surface area contributed by atoms with E-state index in [1.807, 2.05) is 72.9 Å². The van der Waals surface area contributed by atoms with Gasteiger partial charge in [0.2, 0.25) is 0 Å². The first-order chi connectivity index (χ1) is 27.8. The predicted molar refractivity (Wildman–Crippen MR) is 235 cm³/mol. The maximum Gasteiger partial charge on any atom is 0.126 e. The first-order valence-corrected chi connectivity index (χ1v) is 22.5. The number of nitrogens with zero attached hydrogens (tertiary/aromatic N) is 3. The van der Waals surface area contributed by atoms with Gasteiger partial charge in [-0.05, 0) is 46.3 Å². The van der Waals surface area contributed by atoms with Gasteiger partial charge in [0, 0.05) is 48.9 Å². The van der Waals surface area contributed by atoms with Crippen LogP contribution in [0.1, 0.15) is 0 Å². The summed E-state index contributed by atoms with van der Waals surface area (Å²) >= 11 is 0. The standard InChI is InChI=1S/C37H22FN2O.C14H16NSi.Ir/c38-26-21-22-29-30-17-10-18-31(36(30)41-34(29)23-26)37-39-32-19-7-8-20-33(32)40(37)35-27(24-11-3-1-4-12-24)15-9-16-28(35)25-13-5-2-6-14-25;1-16(2,3)13-9-10-14(15-11-13)12-7-5-4-6-8-12;/h1-17,19-23H;4-7,9-11H,1-3H3;/q2*-1;. The molecule has 0 saturated carbocycles. The zero-order valence-electron chi connectivity index (χ0n) is 32.2. The summed E-state index contributed by atoms with van der Waals surface area (Å²) in [6.07, 6.45) is 2.02. The van der Waals surface area contributed by atoms with Crippen molar-refractivity contribution in [2.75, 3.05) is 0 Å². The molecule has 10 aromatic rings. The van der Waals surface area contributed by atoms with Crippen molar-refractivity contribution in [3.8, 4) is 50.6 Å². The topological polar surface area (TPSA) is 43.9 Å². The Morgan fingerprint density at radius 2 is 1.33 bits per heavy atom. The Morgan fingerprint density at radius 3 is 1.98 bits per heavy atom. The number of imidazole rings is 1. The molecule has 1 radical (unpaired) electrons. The van der Waals surface area contributed by atoms with Crippen molar-refractivity contribution in [3.05, 3.63) is 194 Å². The summed E-state index contributed by atoms with van der Waals surface area (Å²) in [5.74, 6) is 0.371. The molecule has 10 rings (SSSR count). The molecule has 0 aliphatic rings. The fourth-order valence-corrected chi connectivity index (χ4v) is 8.37. The monoisotopic (exact) mass is 948 g/mol. The van der Waals surface area contributed by atoms with E-state index >= 15 is 0 Å². The van der Waals surface area contributed by atoms with E-state index in [9.17, 15) is 4.39 Å². The zero-order chi connectivity index (χ0) is 38.9. The molecule has 7 heteroatoms. The van der Waals surface area contributed by atoms with Gasteiger partial charge in [-0.2, -0.15) is 0 Å². The molecule has 0 saturated heterocycles. The molecule has 0 unspecified atom stereocenters. The molecule has 0 bridgehead atoms. The number of fused-ring (bicyclic) bond motifs is 4. The van der Waals surface area contributed by atoms with Gasteiger partial charge >= 0.3 is 0 Å². The van der Waals surface area contributed by atoms with Gasteiger partial charge in [0.1, 0.15) is 11.4 Å². The van der Waals surface area contributed by atoms with Crippen LogP contribution >= 0.6 is 0 Å². The summed E-state index contributed by atoms with van der Waals surface area (Å²) in [4.78, 5) is 9.68. The molecule has 0 aliphatic carbocycles.